The van der Waals surface area contributed by atoms with Crippen molar-refractivity contribution in [2.45, 2.75) is 13.8 Å². The molecule has 1 aromatic carbocycles. The summed E-state index contributed by atoms with van der Waals surface area (Å²) in [5.74, 6) is 0.00417. The Labute approximate surface area is 178 Å². The minimum atomic E-state index is -0.0136. The number of para-hydroxylation sites is 1. The highest BCUT2D eigenvalue weighted by molar-refractivity contribution is 9.11. The second-order valence-electron chi connectivity index (χ2n) is 6.89. The number of piperazine rings is 1. The highest BCUT2D eigenvalue weighted by atomic mass is 79.9. The van der Waals surface area contributed by atoms with Crippen LogP contribution in [0.4, 0.5) is 5.69 Å². The van der Waals surface area contributed by atoms with Gasteiger partial charge in [-0.05, 0) is 59.1 Å². The number of benzene rings is 1. The van der Waals surface area contributed by atoms with Crippen LogP contribution in [0.2, 0.25) is 0 Å². The number of anilines is 1. The Morgan fingerprint density at radius 1 is 1.11 bits per heavy atom. The van der Waals surface area contributed by atoms with E-state index in [2.05, 4.69) is 26.1 Å². The van der Waals surface area contributed by atoms with E-state index in [4.69, 9.17) is 0 Å². The predicted octanol–water partition coefficient (Wildman–Crippen LogP) is 3.92. The van der Waals surface area contributed by atoms with E-state index in [1.165, 1.54) is 0 Å². The molecule has 5 nitrogen and oxygen atoms in total. The van der Waals surface area contributed by atoms with E-state index in [0.717, 1.165) is 25.5 Å². The van der Waals surface area contributed by atoms with Gasteiger partial charge in [0.05, 0.1) is 10.3 Å². The fourth-order valence-electron chi connectivity index (χ4n) is 3.20. The molecule has 148 valence electrons. The summed E-state index contributed by atoms with van der Waals surface area (Å²) in [5, 5.41) is 3.03. The molecular weight excluding hydrogens is 438 g/mol. The molecule has 0 radical (unpaired) electrons. The molecule has 1 N–H and O–H groups in total. The third-order valence-electron chi connectivity index (χ3n) is 4.78. The van der Waals surface area contributed by atoms with Gasteiger partial charge in [-0.15, -0.1) is 11.3 Å². The van der Waals surface area contributed by atoms with E-state index in [9.17, 15) is 9.59 Å². The first-order valence-corrected chi connectivity index (χ1v) is 10.8. The highest BCUT2D eigenvalue weighted by Gasteiger charge is 2.21. The van der Waals surface area contributed by atoms with Gasteiger partial charge in [0.15, 0.2) is 0 Å². The minimum Gasteiger partial charge on any atom is -0.337 e. The number of carbonyl (C=O) groups excluding carboxylic acids is 2. The van der Waals surface area contributed by atoms with Gasteiger partial charge in [0.1, 0.15) is 0 Å². The maximum absolute atomic E-state index is 12.4. The number of carbonyl (C=O) groups is 2. The number of thiophene rings is 1. The van der Waals surface area contributed by atoms with Crippen molar-refractivity contribution < 1.29 is 9.59 Å². The zero-order valence-electron chi connectivity index (χ0n) is 16.1. The van der Waals surface area contributed by atoms with Crippen LogP contribution in [-0.4, -0.2) is 54.3 Å². The average molecular weight is 462 g/mol. The topological polar surface area (TPSA) is 52.7 Å². The first kappa shape index (κ1) is 20.8. The van der Waals surface area contributed by atoms with Crippen LogP contribution >= 0.6 is 27.3 Å². The molecule has 1 aliphatic heterocycles. The maximum atomic E-state index is 12.4. The average Bonchev–Trinajstić information content (AvgIpc) is 3.09. The largest absolute Gasteiger partial charge is 0.337 e. The first-order valence-electron chi connectivity index (χ1n) is 9.23. The molecule has 2 amide bonds. The van der Waals surface area contributed by atoms with Crippen LogP contribution in [0, 0.1) is 13.8 Å². The molecule has 1 aromatic heterocycles. The van der Waals surface area contributed by atoms with Crippen molar-refractivity contribution in [3.63, 3.8) is 0 Å². The van der Waals surface area contributed by atoms with Crippen molar-refractivity contribution in [2.24, 2.45) is 0 Å². The van der Waals surface area contributed by atoms with Gasteiger partial charge in [-0.25, -0.2) is 0 Å². The molecule has 1 fully saturated rings. The molecule has 7 heteroatoms. The third-order valence-corrected chi connectivity index (χ3v) is 6.37. The Morgan fingerprint density at radius 3 is 2.39 bits per heavy atom. The van der Waals surface area contributed by atoms with Crippen molar-refractivity contribution in [2.75, 3.05) is 38.0 Å². The SMILES string of the molecule is Cc1cccc(C)c1NC(=O)CN1CCN(C(=O)/C=C/c2ccc(Br)s2)CC1. The molecule has 1 saturated heterocycles. The van der Waals surface area contributed by atoms with Crippen molar-refractivity contribution in [3.05, 3.63) is 56.2 Å². The molecule has 3 rings (SSSR count). The van der Waals surface area contributed by atoms with Gasteiger partial charge in [0.2, 0.25) is 11.8 Å². The number of hydrogen-bond donors (Lipinski definition) is 1. The lowest BCUT2D eigenvalue weighted by atomic mass is 10.1. The number of halogens is 1. The summed E-state index contributed by atoms with van der Waals surface area (Å²) in [7, 11) is 0. The van der Waals surface area contributed by atoms with Crippen LogP contribution < -0.4 is 5.32 Å². The van der Waals surface area contributed by atoms with Gasteiger partial charge in [-0.2, -0.15) is 0 Å². The molecule has 0 aliphatic carbocycles. The predicted molar refractivity (Wildman–Crippen MR) is 119 cm³/mol. The molecule has 28 heavy (non-hydrogen) atoms. The van der Waals surface area contributed by atoms with E-state index in [1.54, 1.807) is 17.4 Å². The number of hydrogen-bond acceptors (Lipinski definition) is 4. The Balaban J connectivity index is 1.46. The lowest BCUT2D eigenvalue weighted by molar-refractivity contribution is -0.127. The van der Waals surface area contributed by atoms with Crippen LogP contribution in [-0.2, 0) is 9.59 Å². The number of nitrogens with zero attached hydrogens (tertiary/aromatic N) is 2. The van der Waals surface area contributed by atoms with Crippen LogP contribution in [0.25, 0.3) is 6.08 Å². The lowest BCUT2D eigenvalue weighted by Gasteiger charge is -2.33. The number of amides is 2. The Hall–Kier alpha value is -1.96. The summed E-state index contributed by atoms with van der Waals surface area (Å²) in [4.78, 5) is 29.7. The van der Waals surface area contributed by atoms with Gasteiger partial charge in [0, 0.05) is 42.8 Å². The van der Waals surface area contributed by atoms with E-state index >= 15 is 0 Å². The smallest absolute Gasteiger partial charge is 0.246 e. The molecule has 0 spiro atoms. The molecule has 1 aliphatic rings. The van der Waals surface area contributed by atoms with Crippen molar-refractivity contribution in [1.29, 1.82) is 0 Å². The van der Waals surface area contributed by atoms with Crippen LogP contribution in [0.5, 0.6) is 0 Å². The second kappa shape index (κ2) is 9.49. The van der Waals surface area contributed by atoms with Gasteiger partial charge in [-0.3, -0.25) is 14.5 Å². The molecule has 0 unspecified atom stereocenters. The normalized spacial score (nSPS) is 15.2. The fourth-order valence-corrected chi connectivity index (χ4v) is 4.52. The zero-order chi connectivity index (χ0) is 20.1. The summed E-state index contributed by atoms with van der Waals surface area (Å²) in [5.41, 5.74) is 3.02. The third kappa shape index (κ3) is 5.53. The van der Waals surface area contributed by atoms with E-state index in [1.807, 2.05) is 55.2 Å². The van der Waals surface area contributed by atoms with Crippen LogP contribution in [0.3, 0.4) is 0 Å². The molecule has 0 bridgehead atoms. The number of nitrogens with one attached hydrogen (secondary N) is 1. The fraction of sp³-hybridized carbons (Fsp3) is 0.333. The lowest BCUT2D eigenvalue weighted by Crippen LogP contribution is -2.50. The van der Waals surface area contributed by atoms with E-state index < -0.39 is 0 Å². The van der Waals surface area contributed by atoms with Gasteiger partial charge in [0.25, 0.3) is 0 Å². The minimum absolute atomic E-state index is 0.0136. The summed E-state index contributed by atoms with van der Waals surface area (Å²) >= 11 is 5.01. The van der Waals surface area contributed by atoms with Crippen LogP contribution in [0.1, 0.15) is 16.0 Å². The maximum Gasteiger partial charge on any atom is 0.246 e. The molecular formula is C21H24BrN3O2S. The van der Waals surface area contributed by atoms with Crippen LogP contribution in [0.15, 0.2) is 40.2 Å². The Kier molecular flexibility index (Phi) is 7.04. The summed E-state index contributed by atoms with van der Waals surface area (Å²) in [6.07, 6.45) is 3.48. The zero-order valence-corrected chi connectivity index (χ0v) is 18.5. The quantitative estimate of drug-likeness (QED) is 0.686. The van der Waals surface area contributed by atoms with Gasteiger partial charge >= 0.3 is 0 Å². The number of rotatable bonds is 5. The second-order valence-corrected chi connectivity index (χ2v) is 9.39. The monoisotopic (exact) mass is 461 g/mol. The molecule has 2 aromatic rings. The van der Waals surface area contributed by atoms with Crippen molar-refractivity contribution in [1.82, 2.24) is 9.80 Å². The Morgan fingerprint density at radius 2 is 1.79 bits per heavy atom. The summed E-state index contributed by atoms with van der Waals surface area (Å²) in [6.45, 7) is 7.00. The van der Waals surface area contributed by atoms with E-state index in [-0.39, 0.29) is 11.8 Å². The molecule has 2 heterocycles. The number of aryl methyl sites for hydroxylation is 2. The van der Waals surface area contributed by atoms with Crippen molar-refractivity contribution >= 4 is 50.8 Å². The standard InChI is InChI=1S/C21H24BrN3O2S/c1-15-4-3-5-16(2)21(15)23-19(26)14-24-10-12-25(13-11-24)20(27)9-7-17-6-8-18(22)28-17/h3-9H,10-14H2,1-2H3,(H,23,26)/b9-7+. The summed E-state index contributed by atoms with van der Waals surface area (Å²) in [6, 6.07) is 9.93. The van der Waals surface area contributed by atoms with Gasteiger partial charge < -0.3 is 10.2 Å². The summed E-state index contributed by atoms with van der Waals surface area (Å²) < 4.78 is 1.05. The first-order chi connectivity index (χ1) is 13.4. The van der Waals surface area contributed by atoms with E-state index in [0.29, 0.717) is 32.7 Å². The highest BCUT2D eigenvalue weighted by Crippen LogP contribution is 2.23. The molecule has 0 atom stereocenters. The van der Waals surface area contributed by atoms with Gasteiger partial charge in [-0.1, -0.05) is 18.2 Å². The van der Waals surface area contributed by atoms with Crippen molar-refractivity contribution in [3.8, 4) is 0 Å². The molecule has 0 saturated carbocycles. The Bertz CT molecular complexity index is 865.